The van der Waals surface area contributed by atoms with E-state index in [-0.39, 0.29) is 23.6 Å². The number of halogens is 1. The van der Waals surface area contributed by atoms with E-state index in [1.165, 1.54) is 10.5 Å². The fraction of sp³-hybridized carbons (Fsp3) is 0.348. The van der Waals surface area contributed by atoms with Gasteiger partial charge in [0.05, 0.1) is 16.8 Å². The minimum absolute atomic E-state index is 0.125. The lowest BCUT2D eigenvalue weighted by Crippen LogP contribution is -2.33. The smallest absolute Gasteiger partial charge is 0.271 e. The maximum absolute atomic E-state index is 13.6. The van der Waals surface area contributed by atoms with Gasteiger partial charge in [0.2, 0.25) is 0 Å². The number of amides is 1. The molecule has 0 radical (unpaired) electrons. The third-order valence-electron chi connectivity index (χ3n) is 5.91. The van der Waals surface area contributed by atoms with Crippen molar-refractivity contribution in [1.29, 1.82) is 0 Å². The molecule has 5 rings (SSSR count). The lowest BCUT2D eigenvalue weighted by atomic mass is 9.74. The van der Waals surface area contributed by atoms with Gasteiger partial charge in [0.25, 0.3) is 5.91 Å². The number of allylic oxidation sites excluding steroid dienone is 1. The average Bonchev–Trinajstić information content (AvgIpc) is 3.53. The van der Waals surface area contributed by atoms with Gasteiger partial charge in [-0.05, 0) is 60.2 Å². The molecular formula is C23H23ClN4OS2. The van der Waals surface area contributed by atoms with E-state index in [9.17, 15) is 4.79 Å². The molecule has 4 heterocycles. The summed E-state index contributed by atoms with van der Waals surface area (Å²) in [4.78, 5) is 16.0. The molecule has 3 aromatic heterocycles. The molecule has 0 unspecified atom stereocenters. The number of hydrazone groups is 1. The molecular weight excluding hydrogens is 448 g/mol. The maximum Gasteiger partial charge on any atom is 0.296 e. The second-order valence-electron chi connectivity index (χ2n) is 8.11. The zero-order chi connectivity index (χ0) is 21.5. The number of rotatable bonds is 4. The minimum atomic E-state index is -0.236. The van der Waals surface area contributed by atoms with Crippen LogP contribution in [-0.2, 0) is 6.54 Å². The molecule has 3 aromatic rings. The maximum atomic E-state index is 13.6. The lowest BCUT2D eigenvalue weighted by molar-refractivity contribution is 0.0673. The van der Waals surface area contributed by atoms with Crippen molar-refractivity contribution >= 4 is 52.0 Å². The highest BCUT2D eigenvalue weighted by atomic mass is 35.5. The highest BCUT2D eigenvalue weighted by Gasteiger charge is 2.46. The van der Waals surface area contributed by atoms with Crippen molar-refractivity contribution in [2.75, 3.05) is 0 Å². The van der Waals surface area contributed by atoms with Crippen LogP contribution in [0.1, 0.15) is 53.0 Å². The van der Waals surface area contributed by atoms with Gasteiger partial charge < -0.3 is 0 Å². The molecule has 0 aromatic carbocycles. The van der Waals surface area contributed by atoms with Gasteiger partial charge in [-0.15, -0.1) is 22.7 Å². The number of aryl methyl sites for hydroxylation is 1. The summed E-state index contributed by atoms with van der Waals surface area (Å²) in [6, 6.07) is 8.20. The van der Waals surface area contributed by atoms with Crippen molar-refractivity contribution in [2.45, 2.75) is 39.3 Å². The molecule has 0 bridgehead atoms. The van der Waals surface area contributed by atoms with Crippen molar-refractivity contribution < 1.29 is 4.79 Å². The number of carbonyl (C=O) groups is 1. The first-order valence-corrected chi connectivity index (χ1v) is 12.6. The van der Waals surface area contributed by atoms with E-state index in [1.807, 2.05) is 13.0 Å². The normalized spacial score (nSPS) is 24.5. The largest absolute Gasteiger partial charge is 0.296 e. The zero-order valence-corrected chi connectivity index (χ0v) is 19.8. The van der Waals surface area contributed by atoms with E-state index < -0.39 is 0 Å². The van der Waals surface area contributed by atoms with Crippen LogP contribution in [0.25, 0.3) is 6.08 Å². The van der Waals surface area contributed by atoms with Crippen LogP contribution in [0, 0.1) is 11.8 Å². The number of nitrogens with zero attached hydrogens (tertiary/aromatic N) is 4. The van der Waals surface area contributed by atoms with Crippen LogP contribution in [0.5, 0.6) is 0 Å². The van der Waals surface area contributed by atoms with E-state index in [4.69, 9.17) is 16.7 Å². The summed E-state index contributed by atoms with van der Waals surface area (Å²) in [5, 5.41) is 15.5. The van der Waals surface area contributed by atoms with E-state index in [0.717, 1.165) is 23.4 Å². The van der Waals surface area contributed by atoms with Gasteiger partial charge in [-0.1, -0.05) is 30.7 Å². The molecule has 1 aliphatic heterocycles. The SMILES string of the molecule is CCn1cc(Cl)c(C(=O)N2N=C3/C(=C/c4cccs4)C[C@H](C)C[C@H]3[C@H]2c2cccs2)n1. The molecule has 0 N–H and O–H groups in total. The lowest BCUT2D eigenvalue weighted by Gasteiger charge is -2.31. The van der Waals surface area contributed by atoms with E-state index in [2.05, 4.69) is 47.1 Å². The Morgan fingerprint density at radius 1 is 1.29 bits per heavy atom. The van der Waals surface area contributed by atoms with Crippen molar-refractivity contribution in [1.82, 2.24) is 14.8 Å². The first-order valence-electron chi connectivity index (χ1n) is 10.5. The fourth-order valence-electron chi connectivity index (χ4n) is 4.55. The van der Waals surface area contributed by atoms with Crippen LogP contribution in [-0.4, -0.2) is 26.4 Å². The van der Waals surface area contributed by atoms with Crippen LogP contribution < -0.4 is 0 Å². The number of carbonyl (C=O) groups excluding carboxylic acids is 1. The molecule has 2 aliphatic rings. The third kappa shape index (κ3) is 3.79. The summed E-state index contributed by atoms with van der Waals surface area (Å²) in [5.41, 5.74) is 2.53. The average molecular weight is 471 g/mol. The standard InChI is InChI=1S/C23H23ClN4OS2/c1-3-27-13-18(24)21(25-27)23(29)28-22(19-7-5-9-31-19)17-11-14(2)10-15(20(17)26-28)12-16-6-4-8-30-16/h4-9,12-14,17,22H,3,10-11H2,1-2H3/b15-12+/t14-,17+,22-/m0/s1. The predicted molar refractivity (Wildman–Crippen MR) is 128 cm³/mol. The summed E-state index contributed by atoms with van der Waals surface area (Å²) >= 11 is 9.77. The van der Waals surface area contributed by atoms with Gasteiger partial charge in [0.1, 0.15) is 0 Å². The number of hydrogen-bond donors (Lipinski definition) is 0. The van der Waals surface area contributed by atoms with Gasteiger partial charge in [0.15, 0.2) is 5.69 Å². The van der Waals surface area contributed by atoms with Crippen LogP contribution >= 0.6 is 34.3 Å². The van der Waals surface area contributed by atoms with Crippen molar-refractivity contribution in [2.24, 2.45) is 16.9 Å². The Hall–Kier alpha value is -2.22. The number of aromatic nitrogens is 2. The summed E-state index contributed by atoms with van der Waals surface area (Å²) in [6.45, 7) is 4.91. The Labute approximate surface area is 194 Å². The number of hydrogen-bond acceptors (Lipinski definition) is 5. The number of thiophene rings is 2. The topological polar surface area (TPSA) is 50.5 Å². The third-order valence-corrected chi connectivity index (χ3v) is 7.95. The van der Waals surface area contributed by atoms with Gasteiger partial charge in [-0.2, -0.15) is 10.2 Å². The van der Waals surface area contributed by atoms with Gasteiger partial charge >= 0.3 is 0 Å². The quantitative estimate of drug-likeness (QED) is 0.445. The molecule has 1 fully saturated rings. The molecule has 1 aliphatic carbocycles. The molecule has 8 heteroatoms. The van der Waals surface area contributed by atoms with Crippen molar-refractivity contribution in [3.8, 4) is 0 Å². The Morgan fingerprint density at radius 2 is 2.10 bits per heavy atom. The second kappa shape index (κ2) is 8.37. The van der Waals surface area contributed by atoms with Crippen molar-refractivity contribution in [3.63, 3.8) is 0 Å². The van der Waals surface area contributed by atoms with Gasteiger partial charge in [0, 0.05) is 28.4 Å². The van der Waals surface area contributed by atoms with E-state index >= 15 is 0 Å². The van der Waals surface area contributed by atoms with E-state index in [1.54, 1.807) is 38.6 Å². The Bertz CT molecular complexity index is 1150. The zero-order valence-electron chi connectivity index (χ0n) is 17.4. The predicted octanol–water partition coefficient (Wildman–Crippen LogP) is 6.36. The molecule has 31 heavy (non-hydrogen) atoms. The molecule has 160 valence electrons. The monoisotopic (exact) mass is 470 g/mol. The highest BCUT2D eigenvalue weighted by Crippen LogP contribution is 2.47. The molecule has 0 saturated heterocycles. The van der Waals surface area contributed by atoms with Gasteiger partial charge in [-0.25, -0.2) is 5.01 Å². The summed E-state index contributed by atoms with van der Waals surface area (Å²) < 4.78 is 1.69. The molecule has 5 nitrogen and oxygen atoms in total. The Morgan fingerprint density at radius 3 is 2.77 bits per heavy atom. The molecule has 3 atom stereocenters. The first kappa shape index (κ1) is 20.7. The Kier molecular flexibility index (Phi) is 5.58. The minimum Gasteiger partial charge on any atom is -0.271 e. The van der Waals surface area contributed by atoms with Crippen LogP contribution in [0.2, 0.25) is 5.02 Å². The highest BCUT2D eigenvalue weighted by molar-refractivity contribution is 7.11. The first-order chi connectivity index (χ1) is 15.0. The Balaban J connectivity index is 1.59. The molecule has 0 spiro atoms. The summed E-state index contributed by atoms with van der Waals surface area (Å²) in [7, 11) is 0. The van der Waals surface area contributed by atoms with E-state index in [0.29, 0.717) is 17.5 Å². The molecule has 1 saturated carbocycles. The summed E-state index contributed by atoms with van der Waals surface area (Å²) in [6.07, 6.45) is 5.92. The van der Waals surface area contributed by atoms with Crippen molar-refractivity contribution in [3.05, 3.63) is 67.3 Å². The summed E-state index contributed by atoms with van der Waals surface area (Å²) in [5.74, 6) is 0.459. The van der Waals surface area contributed by atoms with Crippen LogP contribution in [0.4, 0.5) is 0 Å². The van der Waals surface area contributed by atoms with Crippen LogP contribution in [0.15, 0.2) is 51.9 Å². The second-order valence-corrected chi connectivity index (χ2v) is 10.5. The van der Waals surface area contributed by atoms with Crippen LogP contribution in [0.3, 0.4) is 0 Å². The fourth-order valence-corrected chi connectivity index (χ4v) is 6.34. The van der Waals surface area contributed by atoms with Gasteiger partial charge in [-0.3, -0.25) is 9.48 Å². The number of fused-ring (bicyclic) bond motifs is 1. The molecule has 1 amide bonds.